The summed E-state index contributed by atoms with van der Waals surface area (Å²) in [7, 11) is 0. The van der Waals surface area contributed by atoms with Gasteiger partial charge in [0.2, 0.25) is 0 Å². The molecule has 1 aliphatic carbocycles. The van der Waals surface area contributed by atoms with E-state index in [1.165, 1.54) is 24.0 Å². The van der Waals surface area contributed by atoms with Crippen molar-refractivity contribution in [3.8, 4) is 0 Å². The van der Waals surface area contributed by atoms with Gasteiger partial charge in [0, 0.05) is 17.8 Å². The van der Waals surface area contributed by atoms with Gasteiger partial charge in [-0.2, -0.15) is 0 Å². The van der Waals surface area contributed by atoms with Crippen molar-refractivity contribution in [3.05, 3.63) is 64.9 Å². The number of hydrogen-bond acceptors (Lipinski definition) is 1. The van der Waals surface area contributed by atoms with E-state index in [9.17, 15) is 0 Å². The first-order chi connectivity index (χ1) is 9.84. The van der Waals surface area contributed by atoms with Crippen LogP contribution in [0.5, 0.6) is 0 Å². The number of aromatic nitrogens is 2. The summed E-state index contributed by atoms with van der Waals surface area (Å²) in [6.07, 6.45) is 7.48. The second-order valence-electron chi connectivity index (χ2n) is 5.36. The molecule has 1 aromatic carbocycles. The summed E-state index contributed by atoms with van der Waals surface area (Å²) in [5, 5.41) is 1.81. The lowest BCUT2D eigenvalue weighted by molar-refractivity contribution is 0.499. The molecule has 20 heavy (non-hydrogen) atoms. The zero-order valence-corrected chi connectivity index (χ0v) is 11.8. The molecule has 2 heterocycles. The monoisotopic (exact) mass is 282 g/mol. The van der Waals surface area contributed by atoms with E-state index >= 15 is 0 Å². The molecule has 0 unspecified atom stereocenters. The smallest absolute Gasteiger partial charge is 0.141 e. The Hall–Kier alpha value is -1.80. The molecule has 4 rings (SSSR count). The lowest BCUT2D eigenvalue weighted by Gasteiger charge is -2.27. The molecule has 1 atom stereocenters. The predicted molar refractivity (Wildman–Crippen MR) is 82.3 cm³/mol. The average molecular weight is 283 g/mol. The van der Waals surface area contributed by atoms with Crippen molar-refractivity contribution < 1.29 is 0 Å². The molecule has 1 aliphatic rings. The van der Waals surface area contributed by atoms with Crippen molar-refractivity contribution >= 4 is 22.6 Å². The number of nitrogens with zero attached hydrogens (tertiary/aromatic N) is 2. The number of rotatable bonds is 1. The maximum atomic E-state index is 6.26. The molecule has 2 aromatic heterocycles. The summed E-state index contributed by atoms with van der Waals surface area (Å²) in [4.78, 5) is 4.53. The second-order valence-corrected chi connectivity index (χ2v) is 5.77. The standard InChI is InChI=1S/C17H15ClN2/c18-15-8-10-19-17-14(15)9-11-20(17)16-7-3-5-12-4-1-2-6-13(12)16/h1-2,4,6,8-11,16H,3,5,7H2/t16-/m0/s1. The molecule has 0 bridgehead atoms. The van der Waals surface area contributed by atoms with E-state index in [0.717, 1.165) is 22.5 Å². The van der Waals surface area contributed by atoms with Crippen molar-refractivity contribution in [3.63, 3.8) is 0 Å². The van der Waals surface area contributed by atoms with Gasteiger partial charge >= 0.3 is 0 Å². The van der Waals surface area contributed by atoms with Crippen LogP contribution in [0.15, 0.2) is 48.8 Å². The third-order valence-corrected chi connectivity index (χ3v) is 4.57. The molecule has 0 spiro atoms. The minimum absolute atomic E-state index is 0.378. The van der Waals surface area contributed by atoms with Crippen LogP contribution < -0.4 is 0 Å². The van der Waals surface area contributed by atoms with Crippen molar-refractivity contribution in [2.45, 2.75) is 25.3 Å². The largest absolute Gasteiger partial charge is 0.325 e. The van der Waals surface area contributed by atoms with E-state index in [0.29, 0.717) is 6.04 Å². The molecule has 0 aliphatic heterocycles. The van der Waals surface area contributed by atoms with Crippen molar-refractivity contribution in [1.29, 1.82) is 0 Å². The molecular weight excluding hydrogens is 268 g/mol. The van der Waals surface area contributed by atoms with Crippen LogP contribution in [-0.2, 0) is 6.42 Å². The van der Waals surface area contributed by atoms with Crippen LogP contribution in [0.3, 0.4) is 0 Å². The van der Waals surface area contributed by atoms with Gasteiger partial charge in [0.1, 0.15) is 5.65 Å². The summed E-state index contributed by atoms with van der Waals surface area (Å²) in [5.41, 5.74) is 3.88. The second kappa shape index (κ2) is 4.64. The van der Waals surface area contributed by atoms with Crippen LogP contribution in [0.2, 0.25) is 5.02 Å². The van der Waals surface area contributed by atoms with E-state index in [1.807, 2.05) is 6.07 Å². The SMILES string of the molecule is Clc1ccnc2c1ccn2[C@H]1CCCc2ccccc21. The van der Waals surface area contributed by atoms with Gasteiger partial charge in [0.05, 0.1) is 11.1 Å². The zero-order chi connectivity index (χ0) is 13.5. The van der Waals surface area contributed by atoms with Gasteiger partial charge in [-0.05, 0) is 42.5 Å². The van der Waals surface area contributed by atoms with Crippen molar-refractivity contribution in [2.75, 3.05) is 0 Å². The fourth-order valence-electron chi connectivity index (χ4n) is 3.29. The Morgan fingerprint density at radius 1 is 1.15 bits per heavy atom. The topological polar surface area (TPSA) is 17.8 Å². The first-order valence-corrected chi connectivity index (χ1v) is 7.41. The predicted octanol–water partition coefficient (Wildman–Crippen LogP) is 4.62. The third kappa shape index (κ3) is 1.75. The molecule has 3 aromatic rings. The van der Waals surface area contributed by atoms with E-state index < -0.39 is 0 Å². The van der Waals surface area contributed by atoms with Gasteiger partial charge in [0.15, 0.2) is 0 Å². The normalized spacial score (nSPS) is 18.1. The molecule has 0 saturated carbocycles. The van der Waals surface area contributed by atoms with Crippen LogP contribution in [-0.4, -0.2) is 9.55 Å². The van der Waals surface area contributed by atoms with E-state index in [1.54, 1.807) is 6.20 Å². The van der Waals surface area contributed by atoms with E-state index in [-0.39, 0.29) is 0 Å². The quantitative estimate of drug-likeness (QED) is 0.637. The van der Waals surface area contributed by atoms with Crippen LogP contribution in [0.25, 0.3) is 11.0 Å². The lowest BCUT2D eigenvalue weighted by Crippen LogP contribution is -2.16. The van der Waals surface area contributed by atoms with Gasteiger partial charge in [0.25, 0.3) is 0 Å². The number of halogens is 1. The number of aryl methyl sites for hydroxylation is 1. The number of benzene rings is 1. The first kappa shape index (κ1) is 12.0. The summed E-state index contributed by atoms with van der Waals surface area (Å²) in [5.74, 6) is 0. The molecule has 0 N–H and O–H groups in total. The first-order valence-electron chi connectivity index (χ1n) is 7.03. The molecule has 100 valence electrons. The Balaban J connectivity index is 1.91. The fourth-order valence-corrected chi connectivity index (χ4v) is 3.50. The lowest BCUT2D eigenvalue weighted by atomic mass is 9.87. The fraction of sp³-hybridized carbons (Fsp3) is 0.235. The van der Waals surface area contributed by atoms with Crippen molar-refractivity contribution in [1.82, 2.24) is 9.55 Å². The minimum atomic E-state index is 0.378. The highest BCUT2D eigenvalue weighted by Crippen LogP contribution is 2.35. The number of pyridine rings is 1. The summed E-state index contributed by atoms with van der Waals surface area (Å²) in [6, 6.07) is 13.0. The molecule has 3 heteroatoms. The van der Waals surface area contributed by atoms with Crippen molar-refractivity contribution in [2.24, 2.45) is 0 Å². The van der Waals surface area contributed by atoms with Gasteiger partial charge in [-0.25, -0.2) is 4.98 Å². The Bertz CT molecular complexity index is 776. The van der Waals surface area contributed by atoms with E-state index in [2.05, 4.69) is 46.1 Å². The number of hydrogen-bond donors (Lipinski definition) is 0. The molecule has 0 fully saturated rings. The van der Waals surface area contributed by atoms with Crippen LogP contribution in [0, 0.1) is 0 Å². The molecule has 2 nitrogen and oxygen atoms in total. The van der Waals surface area contributed by atoms with Crippen LogP contribution >= 0.6 is 11.6 Å². The third-order valence-electron chi connectivity index (χ3n) is 4.24. The highest BCUT2D eigenvalue weighted by atomic mass is 35.5. The maximum absolute atomic E-state index is 6.26. The Labute approximate surface area is 123 Å². The zero-order valence-electron chi connectivity index (χ0n) is 11.1. The summed E-state index contributed by atoms with van der Waals surface area (Å²) < 4.78 is 2.28. The molecule has 0 amide bonds. The Morgan fingerprint density at radius 3 is 3.00 bits per heavy atom. The van der Waals surface area contributed by atoms with Gasteiger partial charge in [-0.1, -0.05) is 35.9 Å². The van der Waals surface area contributed by atoms with Crippen LogP contribution in [0.1, 0.15) is 30.0 Å². The maximum Gasteiger partial charge on any atom is 0.141 e. The average Bonchev–Trinajstić information content (AvgIpc) is 2.92. The summed E-state index contributed by atoms with van der Waals surface area (Å²) >= 11 is 6.26. The minimum Gasteiger partial charge on any atom is -0.325 e. The highest BCUT2D eigenvalue weighted by Gasteiger charge is 2.22. The molecule has 0 saturated heterocycles. The van der Waals surface area contributed by atoms with Gasteiger partial charge in [-0.3, -0.25) is 0 Å². The van der Waals surface area contributed by atoms with Gasteiger partial charge < -0.3 is 4.57 Å². The summed E-state index contributed by atoms with van der Waals surface area (Å²) in [6.45, 7) is 0. The van der Waals surface area contributed by atoms with Crippen LogP contribution in [0.4, 0.5) is 0 Å². The highest BCUT2D eigenvalue weighted by molar-refractivity contribution is 6.35. The molecular formula is C17H15ClN2. The van der Waals surface area contributed by atoms with Gasteiger partial charge in [-0.15, -0.1) is 0 Å². The Kier molecular flexibility index (Phi) is 2.78. The molecule has 0 radical (unpaired) electrons. The Morgan fingerprint density at radius 2 is 2.05 bits per heavy atom. The van der Waals surface area contributed by atoms with E-state index in [4.69, 9.17) is 11.6 Å². The number of fused-ring (bicyclic) bond motifs is 2.